The van der Waals surface area contributed by atoms with Crippen molar-refractivity contribution in [3.05, 3.63) is 10.4 Å². The molecule has 1 aliphatic heterocycles. The van der Waals surface area contributed by atoms with Gasteiger partial charge in [0.1, 0.15) is 6.23 Å². The Labute approximate surface area is 141 Å². The Hall–Kier alpha value is -2.85. The fourth-order valence-electron chi connectivity index (χ4n) is 3.03. The zero-order chi connectivity index (χ0) is 19.1. The Morgan fingerprint density at radius 1 is 1.00 bits per heavy atom. The predicted octanol–water partition coefficient (Wildman–Crippen LogP) is 0.467. The summed E-state index contributed by atoms with van der Waals surface area (Å²) < 4.78 is 9.85. The van der Waals surface area contributed by atoms with Crippen LogP contribution in [0.5, 0.6) is 0 Å². The van der Waals surface area contributed by atoms with Crippen LogP contribution in [0.3, 0.4) is 0 Å². The van der Waals surface area contributed by atoms with Crippen LogP contribution < -0.4 is 0 Å². The van der Waals surface area contributed by atoms with Gasteiger partial charge in [0.15, 0.2) is 6.10 Å². The Morgan fingerprint density at radius 2 is 1.48 bits per heavy atom. The smallest absolute Gasteiger partial charge is 0.335 e. The first-order valence-electron chi connectivity index (χ1n) is 7.14. The van der Waals surface area contributed by atoms with Gasteiger partial charge in [-0.25, -0.2) is 4.79 Å². The monoisotopic (exact) mass is 359 g/mol. The van der Waals surface area contributed by atoms with Gasteiger partial charge in [-0.1, -0.05) is 5.11 Å². The average Bonchev–Trinajstić information content (AvgIpc) is 2.50. The van der Waals surface area contributed by atoms with Crippen LogP contribution in [0.1, 0.15) is 19.3 Å². The number of hydrogen-bond donors (Lipinski definition) is 3. The average molecular weight is 359 g/mol. The van der Waals surface area contributed by atoms with Gasteiger partial charge in [-0.05, 0) is 11.4 Å². The van der Waals surface area contributed by atoms with Gasteiger partial charge in [-0.2, -0.15) is 0 Å². The molecule has 0 bridgehead atoms. The molecule has 0 amide bonds. The Balaban J connectivity index is 3.38. The molecule has 1 aliphatic rings. The molecule has 0 saturated carbocycles. The molecule has 1 saturated heterocycles. The van der Waals surface area contributed by atoms with Crippen molar-refractivity contribution in [2.24, 2.45) is 22.9 Å². The molecule has 1 rings (SSSR count). The lowest BCUT2D eigenvalue weighted by atomic mass is 9.71. The Morgan fingerprint density at radius 3 is 1.92 bits per heavy atom. The van der Waals surface area contributed by atoms with Crippen molar-refractivity contribution in [3.8, 4) is 0 Å². The Kier molecular flexibility index (Phi) is 7.15. The van der Waals surface area contributed by atoms with Gasteiger partial charge in [0.05, 0.1) is 20.0 Å². The van der Waals surface area contributed by atoms with Crippen LogP contribution in [0.2, 0.25) is 0 Å². The number of nitrogens with zero attached hydrogens (tertiary/aromatic N) is 3. The molecule has 138 valence electrons. The number of carboxylic acids is 3. The minimum absolute atomic E-state index is 0.619. The zero-order valence-electron chi connectivity index (χ0n) is 13.1. The first kappa shape index (κ1) is 20.2. The molecular formula is C13H17N3O9. The number of aliphatic carboxylic acids is 3. The van der Waals surface area contributed by atoms with Crippen molar-refractivity contribution in [1.29, 1.82) is 0 Å². The quantitative estimate of drug-likeness (QED) is 0.238. The second-order valence-electron chi connectivity index (χ2n) is 5.46. The molecule has 1 fully saturated rings. The van der Waals surface area contributed by atoms with E-state index in [0.29, 0.717) is 0 Å². The number of rotatable bonds is 8. The first-order chi connectivity index (χ1) is 11.7. The summed E-state index contributed by atoms with van der Waals surface area (Å²) in [5, 5.41) is 30.5. The minimum atomic E-state index is -1.49. The van der Waals surface area contributed by atoms with E-state index in [2.05, 4.69) is 14.8 Å². The van der Waals surface area contributed by atoms with E-state index in [9.17, 15) is 19.2 Å². The number of carbonyl (C=O) groups is 4. The van der Waals surface area contributed by atoms with Gasteiger partial charge < -0.3 is 24.8 Å². The third kappa shape index (κ3) is 5.33. The topological polar surface area (TPSA) is 196 Å². The van der Waals surface area contributed by atoms with Crippen LogP contribution in [0.15, 0.2) is 5.11 Å². The first-order valence-corrected chi connectivity index (χ1v) is 7.14. The molecule has 5 atom stereocenters. The van der Waals surface area contributed by atoms with E-state index in [1.54, 1.807) is 0 Å². The zero-order valence-corrected chi connectivity index (χ0v) is 13.1. The van der Waals surface area contributed by atoms with Gasteiger partial charge in [-0.3, -0.25) is 14.4 Å². The number of hydrogen-bond acceptors (Lipinski definition) is 7. The third-order valence-corrected chi connectivity index (χ3v) is 3.97. The summed E-state index contributed by atoms with van der Waals surface area (Å²) in [4.78, 5) is 47.9. The van der Waals surface area contributed by atoms with E-state index < -0.39 is 73.2 Å². The molecule has 5 unspecified atom stereocenters. The molecule has 1 heterocycles. The van der Waals surface area contributed by atoms with Crippen LogP contribution in [-0.2, 0) is 28.7 Å². The van der Waals surface area contributed by atoms with E-state index in [4.69, 9.17) is 25.6 Å². The standard InChI is InChI=1S/C13H17N3O9/c1-24-13(23)11-6(3-9(19)20)5(2-8(17)18)7(4-10(21)22)12(25-11)15-16-14/h5-7,11-12H,2-4H2,1H3,(H,17,18)(H,19,20)(H,21,22). The number of methoxy groups -OCH3 is 1. The molecule has 0 aromatic rings. The number of carbonyl (C=O) groups excluding carboxylic acids is 1. The van der Waals surface area contributed by atoms with Gasteiger partial charge in [-0.15, -0.1) is 0 Å². The van der Waals surface area contributed by atoms with Crippen molar-refractivity contribution in [2.45, 2.75) is 31.6 Å². The third-order valence-electron chi connectivity index (χ3n) is 3.97. The maximum absolute atomic E-state index is 11.9. The normalized spacial score (nSPS) is 28.4. The van der Waals surface area contributed by atoms with Crippen LogP contribution in [-0.4, -0.2) is 58.6 Å². The van der Waals surface area contributed by atoms with E-state index >= 15 is 0 Å². The molecule has 0 spiro atoms. The molecule has 0 radical (unpaired) electrons. The highest BCUT2D eigenvalue weighted by Crippen LogP contribution is 2.42. The predicted molar refractivity (Wildman–Crippen MR) is 77.1 cm³/mol. The molecule has 0 aromatic carbocycles. The van der Waals surface area contributed by atoms with Crippen molar-refractivity contribution in [2.75, 3.05) is 7.11 Å². The highest BCUT2D eigenvalue weighted by molar-refractivity contribution is 5.77. The molecule has 12 nitrogen and oxygen atoms in total. The maximum atomic E-state index is 11.9. The van der Waals surface area contributed by atoms with Gasteiger partial charge >= 0.3 is 23.9 Å². The fraction of sp³-hybridized carbons (Fsp3) is 0.692. The SMILES string of the molecule is COC(=O)C1OC(N=[N+]=[N-])C(CC(=O)O)C(CC(=O)O)C1CC(=O)O. The Bertz CT molecular complexity index is 602. The van der Waals surface area contributed by atoms with Crippen molar-refractivity contribution >= 4 is 23.9 Å². The highest BCUT2D eigenvalue weighted by Gasteiger charge is 2.50. The summed E-state index contributed by atoms with van der Waals surface area (Å²) in [6.45, 7) is 0. The summed E-state index contributed by atoms with van der Waals surface area (Å²) in [5.41, 5.74) is 8.64. The van der Waals surface area contributed by atoms with Gasteiger partial charge in [0.25, 0.3) is 0 Å². The largest absolute Gasteiger partial charge is 0.481 e. The van der Waals surface area contributed by atoms with E-state index in [1.165, 1.54) is 0 Å². The summed E-state index contributed by atoms with van der Waals surface area (Å²) in [5.74, 6) is -8.28. The van der Waals surface area contributed by atoms with Crippen molar-refractivity contribution in [1.82, 2.24) is 0 Å². The molecule has 0 aliphatic carbocycles. The van der Waals surface area contributed by atoms with Crippen LogP contribution in [0.25, 0.3) is 10.4 Å². The summed E-state index contributed by atoms with van der Waals surface area (Å²) in [6, 6.07) is 0. The summed E-state index contributed by atoms with van der Waals surface area (Å²) in [7, 11) is 1.03. The van der Waals surface area contributed by atoms with E-state index in [0.717, 1.165) is 7.11 Å². The molecule has 25 heavy (non-hydrogen) atoms. The highest BCUT2D eigenvalue weighted by atomic mass is 16.6. The molecular weight excluding hydrogens is 342 g/mol. The van der Waals surface area contributed by atoms with Gasteiger partial charge in [0, 0.05) is 23.2 Å². The van der Waals surface area contributed by atoms with Crippen LogP contribution in [0.4, 0.5) is 0 Å². The summed E-state index contributed by atoms with van der Waals surface area (Å²) >= 11 is 0. The molecule has 12 heteroatoms. The summed E-state index contributed by atoms with van der Waals surface area (Å²) in [6.07, 6.45) is -4.82. The van der Waals surface area contributed by atoms with Crippen LogP contribution >= 0.6 is 0 Å². The van der Waals surface area contributed by atoms with Gasteiger partial charge in [0.2, 0.25) is 0 Å². The lowest BCUT2D eigenvalue weighted by molar-refractivity contribution is -0.192. The fourth-order valence-corrected chi connectivity index (χ4v) is 3.03. The van der Waals surface area contributed by atoms with E-state index in [1.807, 2.05) is 0 Å². The maximum Gasteiger partial charge on any atom is 0.335 e. The van der Waals surface area contributed by atoms with Crippen LogP contribution in [0, 0.1) is 17.8 Å². The lowest BCUT2D eigenvalue weighted by Crippen LogP contribution is -2.52. The number of esters is 1. The number of carboxylic acid groups (broad SMARTS) is 3. The number of azide groups is 1. The second kappa shape index (κ2) is 8.85. The van der Waals surface area contributed by atoms with Crippen molar-refractivity contribution in [3.63, 3.8) is 0 Å². The molecule has 3 N–H and O–H groups in total. The second-order valence-corrected chi connectivity index (χ2v) is 5.46. The lowest BCUT2D eigenvalue weighted by Gasteiger charge is -2.43. The number of ether oxygens (including phenoxy) is 2. The molecule has 0 aromatic heterocycles. The minimum Gasteiger partial charge on any atom is -0.481 e. The van der Waals surface area contributed by atoms with Crippen molar-refractivity contribution < 1.29 is 44.0 Å². The van der Waals surface area contributed by atoms with E-state index in [-0.39, 0.29) is 0 Å².